The van der Waals surface area contributed by atoms with Crippen LogP contribution in [0.15, 0.2) is 47.6 Å². The first-order chi connectivity index (χ1) is 13.7. The third kappa shape index (κ3) is 4.09. The number of hydrogen-bond donors (Lipinski definition) is 2. The second kappa shape index (κ2) is 7.95. The number of carbonyl (C=O) groups excluding carboxylic acids is 2. The average molecular weight is 392 g/mol. The lowest BCUT2D eigenvalue weighted by Crippen LogP contribution is -2.21. The number of aryl methyl sites for hydroxylation is 1. The third-order valence-corrected chi connectivity index (χ3v) is 4.81. The van der Waals surface area contributed by atoms with Crippen molar-refractivity contribution in [1.29, 1.82) is 0 Å². The normalized spacial score (nSPS) is 13.0. The van der Waals surface area contributed by atoms with E-state index in [0.29, 0.717) is 11.3 Å². The summed E-state index contributed by atoms with van der Waals surface area (Å²) in [5, 5.41) is 20.5. The van der Waals surface area contributed by atoms with Gasteiger partial charge in [0.25, 0.3) is 0 Å². The highest BCUT2D eigenvalue weighted by molar-refractivity contribution is 6.30. The molecule has 3 rings (SSSR count). The van der Waals surface area contributed by atoms with Gasteiger partial charge in [0.2, 0.25) is 5.78 Å². The van der Waals surface area contributed by atoms with Crippen LogP contribution < -0.4 is 4.74 Å². The lowest BCUT2D eigenvalue weighted by Gasteiger charge is -2.20. The zero-order valence-electron chi connectivity index (χ0n) is 17.0. The lowest BCUT2D eigenvalue weighted by atomic mass is 9.82. The number of allylic oxidation sites excluding steroid dienone is 3. The molecule has 0 aromatic heterocycles. The van der Waals surface area contributed by atoms with Gasteiger partial charge in [0, 0.05) is 17.2 Å². The SMILES string of the molecule is CC(C)=CC/C(C)=C/COc1cc(O)c2c(c1)C(=O)c1cc(C)cc(O)c1C2=O. The van der Waals surface area contributed by atoms with E-state index in [4.69, 9.17) is 4.74 Å². The topological polar surface area (TPSA) is 83.8 Å². The first kappa shape index (κ1) is 20.4. The van der Waals surface area contributed by atoms with Crippen LogP contribution in [0, 0.1) is 6.92 Å². The molecule has 2 aromatic carbocycles. The minimum atomic E-state index is -0.575. The molecule has 0 aliphatic heterocycles. The van der Waals surface area contributed by atoms with Gasteiger partial charge < -0.3 is 14.9 Å². The van der Waals surface area contributed by atoms with Crippen LogP contribution in [0.1, 0.15) is 64.6 Å². The second-order valence-corrected chi connectivity index (χ2v) is 7.58. The molecule has 0 heterocycles. The molecule has 0 saturated carbocycles. The molecule has 0 fully saturated rings. The van der Waals surface area contributed by atoms with Crippen molar-refractivity contribution in [2.45, 2.75) is 34.1 Å². The van der Waals surface area contributed by atoms with E-state index in [-0.39, 0.29) is 40.4 Å². The van der Waals surface area contributed by atoms with Crippen molar-refractivity contribution in [1.82, 2.24) is 0 Å². The minimum absolute atomic E-state index is 0.0742. The zero-order chi connectivity index (χ0) is 21.3. The number of ether oxygens (including phenoxy) is 1. The van der Waals surface area contributed by atoms with E-state index < -0.39 is 11.6 Å². The Bertz CT molecular complexity index is 1070. The molecular weight excluding hydrogens is 368 g/mol. The summed E-state index contributed by atoms with van der Waals surface area (Å²) in [7, 11) is 0. The van der Waals surface area contributed by atoms with Crippen LogP contribution in [-0.4, -0.2) is 28.4 Å². The molecule has 0 bridgehead atoms. The molecule has 0 atom stereocenters. The molecule has 5 heteroatoms. The molecule has 2 aromatic rings. The summed E-state index contributed by atoms with van der Waals surface area (Å²) in [6, 6.07) is 5.78. The van der Waals surface area contributed by atoms with Crippen LogP contribution in [-0.2, 0) is 0 Å². The Hall–Kier alpha value is -3.34. The molecule has 0 amide bonds. The summed E-state index contributed by atoms with van der Waals surface area (Å²) in [4.78, 5) is 25.8. The number of fused-ring (bicyclic) bond motifs is 2. The van der Waals surface area contributed by atoms with Gasteiger partial charge in [0.15, 0.2) is 5.78 Å². The number of phenols is 2. The summed E-state index contributed by atoms with van der Waals surface area (Å²) in [6.07, 6.45) is 4.88. The van der Waals surface area contributed by atoms with Crippen molar-refractivity contribution in [2.24, 2.45) is 0 Å². The fourth-order valence-electron chi connectivity index (χ4n) is 3.29. The number of phenolic OH excluding ortho intramolecular Hbond substituents is 2. The van der Waals surface area contributed by atoms with Crippen molar-refractivity contribution in [3.63, 3.8) is 0 Å². The molecule has 1 aliphatic rings. The van der Waals surface area contributed by atoms with E-state index in [9.17, 15) is 19.8 Å². The molecular formula is C24H24O5. The number of ketones is 2. The number of rotatable bonds is 5. The maximum Gasteiger partial charge on any atom is 0.201 e. The summed E-state index contributed by atoms with van der Waals surface area (Å²) >= 11 is 0. The number of benzene rings is 2. The summed E-state index contributed by atoms with van der Waals surface area (Å²) < 4.78 is 5.68. The van der Waals surface area contributed by atoms with Gasteiger partial charge in [0.05, 0.1) is 11.1 Å². The van der Waals surface area contributed by atoms with E-state index in [1.807, 2.05) is 26.8 Å². The van der Waals surface area contributed by atoms with E-state index in [2.05, 4.69) is 6.08 Å². The molecule has 2 N–H and O–H groups in total. The van der Waals surface area contributed by atoms with E-state index in [1.54, 1.807) is 13.0 Å². The Labute approximate surface area is 170 Å². The standard InChI is InChI=1S/C24H24O5/c1-13(2)5-6-14(3)7-8-29-16-11-18-22(20(26)12-16)24(28)21-17(23(18)27)9-15(4)10-19(21)25/h5,7,9-12,25-26H,6,8H2,1-4H3/b14-7+. The molecule has 0 unspecified atom stereocenters. The molecule has 0 spiro atoms. The Morgan fingerprint density at radius 2 is 1.52 bits per heavy atom. The quantitative estimate of drug-likeness (QED) is 0.606. The van der Waals surface area contributed by atoms with Gasteiger partial charge in [-0.3, -0.25) is 9.59 Å². The van der Waals surface area contributed by atoms with E-state index >= 15 is 0 Å². The highest BCUT2D eigenvalue weighted by Crippen LogP contribution is 2.39. The van der Waals surface area contributed by atoms with Crippen LogP contribution in [0.5, 0.6) is 17.2 Å². The maximum atomic E-state index is 12.9. The lowest BCUT2D eigenvalue weighted by molar-refractivity contribution is 0.0974. The summed E-state index contributed by atoms with van der Waals surface area (Å²) in [5.74, 6) is -1.31. The van der Waals surface area contributed by atoms with E-state index in [0.717, 1.165) is 12.0 Å². The van der Waals surface area contributed by atoms with Gasteiger partial charge in [-0.15, -0.1) is 0 Å². The van der Waals surface area contributed by atoms with Gasteiger partial charge in [-0.25, -0.2) is 0 Å². The largest absolute Gasteiger partial charge is 0.507 e. The molecule has 29 heavy (non-hydrogen) atoms. The van der Waals surface area contributed by atoms with Crippen LogP contribution in [0.2, 0.25) is 0 Å². The Morgan fingerprint density at radius 1 is 0.897 bits per heavy atom. The van der Waals surface area contributed by atoms with Crippen molar-refractivity contribution >= 4 is 11.6 Å². The van der Waals surface area contributed by atoms with Crippen molar-refractivity contribution in [3.8, 4) is 17.2 Å². The highest BCUT2D eigenvalue weighted by atomic mass is 16.5. The maximum absolute atomic E-state index is 12.9. The smallest absolute Gasteiger partial charge is 0.201 e. The predicted octanol–water partition coefficient (Wildman–Crippen LogP) is 4.86. The van der Waals surface area contributed by atoms with Crippen LogP contribution in [0.25, 0.3) is 0 Å². The Balaban J connectivity index is 1.90. The summed E-state index contributed by atoms with van der Waals surface area (Å²) in [5.41, 5.74) is 3.07. The first-order valence-corrected chi connectivity index (χ1v) is 9.41. The van der Waals surface area contributed by atoms with Crippen LogP contribution in [0.3, 0.4) is 0 Å². The van der Waals surface area contributed by atoms with Crippen molar-refractivity contribution in [2.75, 3.05) is 6.61 Å². The number of carbonyl (C=O) groups is 2. The Morgan fingerprint density at radius 3 is 2.17 bits per heavy atom. The van der Waals surface area contributed by atoms with Crippen LogP contribution >= 0.6 is 0 Å². The fourth-order valence-corrected chi connectivity index (χ4v) is 3.29. The van der Waals surface area contributed by atoms with Crippen molar-refractivity contribution in [3.05, 3.63) is 75.4 Å². The summed E-state index contributed by atoms with van der Waals surface area (Å²) in [6.45, 7) is 8.09. The third-order valence-electron chi connectivity index (χ3n) is 4.81. The predicted molar refractivity (Wildman–Crippen MR) is 111 cm³/mol. The van der Waals surface area contributed by atoms with Crippen molar-refractivity contribution < 1.29 is 24.5 Å². The van der Waals surface area contributed by atoms with Gasteiger partial charge in [-0.2, -0.15) is 0 Å². The number of aromatic hydroxyl groups is 2. The monoisotopic (exact) mass is 392 g/mol. The first-order valence-electron chi connectivity index (χ1n) is 9.41. The molecule has 0 saturated heterocycles. The zero-order valence-corrected chi connectivity index (χ0v) is 17.0. The van der Waals surface area contributed by atoms with Gasteiger partial charge in [0.1, 0.15) is 23.9 Å². The van der Waals surface area contributed by atoms with Gasteiger partial charge in [-0.05, 0) is 64.0 Å². The fraction of sp³-hybridized carbons (Fsp3) is 0.250. The minimum Gasteiger partial charge on any atom is -0.507 e. The van der Waals surface area contributed by atoms with Crippen LogP contribution in [0.4, 0.5) is 0 Å². The van der Waals surface area contributed by atoms with E-state index in [1.165, 1.54) is 23.8 Å². The van der Waals surface area contributed by atoms with Gasteiger partial charge >= 0.3 is 0 Å². The second-order valence-electron chi connectivity index (χ2n) is 7.58. The highest BCUT2D eigenvalue weighted by Gasteiger charge is 2.35. The number of hydrogen-bond acceptors (Lipinski definition) is 5. The molecule has 1 aliphatic carbocycles. The molecule has 0 radical (unpaired) electrons. The molecule has 5 nitrogen and oxygen atoms in total. The van der Waals surface area contributed by atoms with Gasteiger partial charge in [-0.1, -0.05) is 17.2 Å². The average Bonchev–Trinajstić information content (AvgIpc) is 2.63. The molecule has 150 valence electrons. The Kier molecular flexibility index (Phi) is 5.59.